The quantitative estimate of drug-likeness (QED) is 0.0897. The predicted octanol–water partition coefficient (Wildman–Crippen LogP) is 9.00. The van der Waals surface area contributed by atoms with Crippen molar-refractivity contribution in [3.05, 3.63) is 103 Å². The Balaban J connectivity index is 1.60. The van der Waals surface area contributed by atoms with Crippen LogP contribution in [0.15, 0.2) is 55.1 Å². The van der Waals surface area contributed by atoms with Crippen LogP contribution in [0.25, 0.3) is 10.8 Å². The van der Waals surface area contributed by atoms with Crippen molar-refractivity contribution in [3.8, 4) is 0 Å². The van der Waals surface area contributed by atoms with Crippen molar-refractivity contribution in [2.24, 2.45) is 5.92 Å². The van der Waals surface area contributed by atoms with Gasteiger partial charge in [-0.1, -0.05) is 68.9 Å². The van der Waals surface area contributed by atoms with E-state index in [0.29, 0.717) is 0 Å². The molecule has 1 aliphatic carbocycles. The molecule has 0 heterocycles. The van der Waals surface area contributed by atoms with Gasteiger partial charge >= 0.3 is 0 Å². The lowest BCUT2D eigenvalue weighted by Crippen LogP contribution is -2.36. The van der Waals surface area contributed by atoms with Crippen LogP contribution in [0.2, 0.25) is 0 Å². The van der Waals surface area contributed by atoms with E-state index < -0.39 is 27.1 Å². The number of carbonyl (C=O) groups excluding carboxylic acids is 1. The molecule has 1 aliphatic rings. The molecule has 8 nitrogen and oxygen atoms in total. The summed E-state index contributed by atoms with van der Waals surface area (Å²) in [4.78, 5) is 35.2. The number of hydrogen-bond acceptors (Lipinski definition) is 5. The van der Waals surface area contributed by atoms with Gasteiger partial charge in [-0.15, -0.1) is 6.58 Å². The molecule has 0 radical (unpaired) electrons. The second kappa shape index (κ2) is 14.2. The predicted molar refractivity (Wildman–Crippen MR) is 167 cm³/mol. The molecule has 1 amide bonds. The molecule has 2 atom stereocenters. The van der Waals surface area contributed by atoms with Gasteiger partial charge in [0.1, 0.15) is 0 Å². The van der Waals surface area contributed by atoms with Gasteiger partial charge in [0.2, 0.25) is 0 Å². The highest BCUT2D eigenvalue weighted by Crippen LogP contribution is 2.42. The van der Waals surface area contributed by atoms with Crippen molar-refractivity contribution in [1.82, 2.24) is 5.32 Å². The van der Waals surface area contributed by atoms with Crippen LogP contribution in [-0.4, -0.2) is 15.8 Å². The van der Waals surface area contributed by atoms with E-state index >= 15 is 0 Å². The number of hydrogen-bond donors (Lipinski definition) is 1. The SMILES string of the molecule is C=CCCCCCCCCC[C@H]1CCc2ccc3cc(C)c(C)cc3c2[C@H]1NC(=O)c1cc([N+](=O)[O-])cc([N+](=O)[O-])c1. The molecule has 1 N–H and O–H groups in total. The Morgan fingerprint density at radius 3 is 2.17 bits per heavy atom. The highest BCUT2D eigenvalue weighted by molar-refractivity contribution is 5.97. The maximum Gasteiger partial charge on any atom is 0.277 e. The van der Waals surface area contributed by atoms with Gasteiger partial charge in [-0.3, -0.25) is 25.0 Å². The minimum atomic E-state index is -0.708. The maximum absolute atomic E-state index is 13.6. The number of nitrogens with one attached hydrogen (secondary N) is 1. The summed E-state index contributed by atoms with van der Waals surface area (Å²) < 4.78 is 0. The van der Waals surface area contributed by atoms with Gasteiger partial charge in [0, 0.05) is 12.1 Å². The monoisotopic (exact) mass is 571 g/mol. The number of nitrogens with zero attached hydrogens (tertiary/aromatic N) is 2. The molecular formula is C34H41N3O5. The number of benzene rings is 3. The van der Waals surface area contributed by atoms with Crippen molar-refractivity contribution in [1.29, 1.82) is 0 Å². The fourth-order valence-corrected chi connectivity index (χ4v) is 6.23. The average Bonchev–Trinajstić information content (AvgIpc) is 2.97. The summed E-state index contributed by atoms with van der Waals surface area (Å²) in [5.74, 6) is -0.347. The minimum Gasteiger partial charge on any atom is -0.345 e. The number of nitro benzene ring substituents is 2. The molecule has 0 aliphatic heterocycles. The summed E-state index contributed by atoms with van der Waals surface area (Å²) in [7, 11) is 0. The van der Waals surface area contributed by atoms with Crippen LogP contribution in [0.3, 0.4) is 0 Å². The van der Waals surface area contributed by atoms with Gasteiger partial charge in [0.05, 0.1) is 27.5 Å². The second-order valence-corrected chi connectivity index (χ2v) is 11.6. The molecule has 0 spiro atoms. The number of aryl methyl sites for hydroxylation is 3. The summed E-state index contributed by atoms with van der Waals surface area (Å²) in [6.45, 7) is 7.96. The highest BCUT2D eigenvalue weighted by atomic mass is 16.6. The number of amides is 1. The lowest BCUT2D eigenvalue weighted by Gasteiger charge is -2.35. The van der Waals surface area contributed by atoms with E-state index in [2.05, 4.69) is 50.0 Å². The molecule has 0 bridgehead atoms. The topological polar surface area (TPSA) is 115 Å². The fourth-order valence-electron chi connectivity index (χ4n) is 6.23. The van der Waals surface area contributed by atoms with Crippen molar-refractivity contribution < 1.29 is 14.6 Å². The number of unbranched alkanes of at least 4 members (excludes halogenated alkanes) is 7. The van der Waals surface area contributed by atoms with Gasteiger partial charge in [-0.2, -0.15) is 0 Å². The zero-order valence-electron chi connectivity index (χ0n) is 24.7. The number of rotatable bonds is 14. The van der Waals surface area contributed by atoms with Crippen LogP contribution in [0.5, 0.6) is 0 Å². The van der Waals surface area contributed by atoms with Crippen molar-refractivity contribution >= 4 is 28.1 Å². The van der Waals surface area contributed by atoms with Crippen LogP contribution < -0.4 is 5.32 Å². The van der Waals surface area contributed by atoms with Crippen molar-refractivity contribution in [3.63, 3.8) is 0 Å². The molecule has 222 valence electrons. The van der Waals surface area contributed by atoms with E-state index in [0.717, 1.165) is 73.1 Å². The van der Waals surface area contributed by atoms with E-state index in [1.807, 2.05) is 6.08 Å². The first kappa shape index (κ1) is 30.9. The van der Waals surface area contributed by atoms with E-state index in [4.69, 9.17) is 0 Å². The molecule has 0 unspecified atom stereocenters. The summed E-state index contributed by atoms with van der Waals surface area (Å²) in [5, 5.41) is 28.3. The van der Waals surface area contributed by atoms with Gasteiger partial charge < -0.3 is 5.32 Å². The Labute approximate surface area is 247 Å². The lowest BCUT2D eigenvalue weighted by atomic mass is 9.75. The van der Waals surface area contributed by atoms with E-state index in [1.54, 1.807) is 0 Å². The first-order valence-electron chi connectivity index (χ1n) is 15.1. The van der Waals surface area contributed by atoms with E-state index in [-0.39, 0.29) is 17.5 Å². The second-order valence-electron chi connectivity index (χ2n) is 11.6. The first-order valence-corrected chi connectivity index (χ1v) is 15.1. The standard InChI is InChI=1S/C34H41N3O5/c1-4-5-6-7-8-9-10-11-12-13-26-16-14-25-15-17-27-18-23(2)24(3)19-31(27)32(25)33(26)35-34(38)28-20-29(36(39)40)22-30(21-28)37(41)42/h4,15,17-22,26,33H,1,5-14,16H2,2-3H3,(H,35,38)/t26-,33-/m0/s1. The number of non-ortho nitro benzene ring substituents is 2. The zero-order valence-corrected chi connectivity index (χ0v) is 24.7. The molecule has 0 saturated heterocycles. The third-order valence-electron chi connectivity index (χ3n) is 8.69. The van der Waals surface area contributed by atoms with Crippen molar-refractivity contribution in [2.45, 2.75) is 90.5 Å². The normalized spacial score (nSPS) is 16.1. The Morgan fingerprint density at radius 1 is 0.905 bits per heavy atom. The van der Waals surface area contributed by atoms with Crippen LogP contribution >= 0.6 is 0 Å². The Bertz CT molecular complexity index is 1450. The highest BCUT2D eigenvalue weighted by Gasteiger charge is 2.33. The van der Waals surface area contributed by atoms with Crippen LogP contribution in [0.1, 0.15) is 103 Å². The van der Waals surface area contributed by atoms with Crippen LogP contribution in [-0.2, 0) is 6.42 Å². The average molecular weight is 572 g/mol. The number of allylic oxidation sites excluding steroid dienone is 1. The van der Waals surface area contributed by atoms with Crippen LogP contribution in [0, 0.1) is 40.0 Å². The maximum atomic E-state index is 13.6. The summed E-state index contributed by atoms with van der Waals surface area (Å²) >= 11 is 0. The zero-order chi connectivity index (χ0) is 30.2. The van der Waals surface area contributed by atoms with Crippen LogP contribution in [0.4, 0.5) is 11.4 Å². The number of fused-ring (bicyclic) bond motifs is 3. The molecule has 0 aromatic heterocycles. The summed E-state index contributed by atoms with van der Waals surface area (Å²) in [6, 6.07) is 11.5. The summed E-state index contributed by atoms with van der Waals surface area (Å²) in [6.07, 6.45) is 14.1. The Kier molecular flexibility index (Phi) is 10.4. The molecule has 3 aromatic carbocycles. The van der Waals surface area contributed by atoms with E-state index in [9.17, 15) is 25.0 Å². The van der Waals surface area contributed by atoms with E-state index in [1.165, 1.54) is 48.8 Å². The third-order valence-corrected chi connectivity index (χ3v) is 8.69. The third kappa shape index (κ3) is 7.41. The first-order chi connectivity index (χ1) is 20.2. The fraction of sp³-hybridized carbons (Fsp3) is 0.441. The molecular weight excluding hydrogens is 530 g/mol. The number of nitro groups is 2. The largest absolute Gasteiger partial charge is 0.345 e. The van der Waals surface area contributed by atoms with Crippen molar-refractivity contribution in [2.75, 3.05) is 0 Å². The molecule has 4 rings (SSSR count). The molecule has 3 aromatic rings. The minimum absolute atomic E-state index is 0.0783. The van der Waals surface area contributed by atoms with Gasteiger partial charge in [-0.05, 0) is 84.9 Å². The van der Waals surface area contributed by atoms with Gasteiger partial charge in [-0.25, -0.2) is 0 Å². The van der Waals surface area contributed by atoms with Gasteiger partial charge in [0.15, 0.2) is 0 Å². The molecule has 8 heteroatoms. The summed E-state index contributed by atoms with van der Waals surface area (Å²) in [5.41, 5.74) is 3.63. The molecule has 0 saturated carbocycles. The Morgan fingerprint density at radius 2 is 1.52 bits per heavy atom. The smallest absolute Gasteiger partial charge is 0.277 e. The molecule has 42 heavy (non-hydrogen) atoms. The van der Waals surface area contributed by atoms with Gasteiger partial charge in [0.25, 0.3) is 17.3 Å². The number of carbonyl (C=O) groups is 1. The lowest BCUT2D eigenvalue weighted by molar-refractivity contribution is -0.394. The Hall–Kier alpha value is -4.07. The molecule has 0 fully saturated rings.